The normalized spacial score (nSPS) is 13.3. The van der Waals surface area contributed by atoms with Crippen LogP contribution in [0, 0.1) is 29.1 Å². The van der Waals surface area contributed by atoms with Crippen LogP contribution in [0.2, 0.25) is 0 Å². The molecule has 1 fully saturated rings. The molecule has 0 heterocycles. The average molecular weight is 747 g/mol. The van der Waals surface area contributed by atoms with Gasteiger partial charge in [-0.2, -0.15) is 4.31 Å². The fourth-order valence-corrected chi connectivity index (χ4v) is 7.10. The lowest BCUT2D eigenvalue weighted by Gasteiger charge is -2.29. The van der Waals surface area contributed by atoms with Crippen molar-refractivity contribution in [3.8, 4) is 11.5 Å². The Morgan fingerprint density at radius 3 is 1.94 bits per heavy atom. The summed E-state index contributed by atoms with van der Waals surface area (Å²) in [6, 6.07) is 14.6. The zero-order valence-electron chi connectivity index (χ0n) is 28.5. The van der Waals surface area contributed by atoms with Gasteiger partial charge in [-0.3, -0.25) is 4.79 Å². The summed E-state index contributed by atoms with van der Waals surface area (Å²) >= 11 is 0. The van der Waals surface area contributed by atoms with Crippen LogP contribution >= 0.6 is 0 Å². The van der Waals surface area contributed by atoms with Crippen LogP contribution in [0.3, 0.4) is 0 Å². The lowest BCUT2D eigenvalue weighted by molar-refractivity contribution is -0.119. The number of anilines is 1. The molecule has 52 heavy (non-hydrogen) atoms. The van der Waals surface area contributed by atoms with E-state index in [1.165, 1.54) is 37.4 Å². The summed E-state index contributed by atoms with van der Waals surface area (Å²) in [4.78, 5) is 24.9. The minimum atomic E-state index is -5.65. The summed E-state index contributed by atoms with van der Waals surface area (Å²) in [5.74, 6) is -15.3. The van der Waals surface area contributed by atoms with Gasteiger partial charge in [0.2, 0.25) is 21.7 Å². The molecule has 1 aliphatic carbocycles. The van der Waals surface area contributed by atoms with Gasteiger partial charge in [-0.25, -0.2) is 35.2 Å². The summed E-state index contributed by atoms with van der Waals surface area (Å²) < 4.78 is 106. The van der Waals surface area contributed by atoms with Gasteiger partial charge in [-0.05, 0) is 70.7 Å². The Morgan fingerprint density at radius 1 is 0.827 bits per heavy atom. The second kappa shape index (κ2) is 14.5. The highest BCUT2D eigenvalue weighted by molar-refractivity contribution is 7.89. The number of ether oxygens (including phenoxy) is 1. The molecule has 276 valence electrons. The van der Waals surface area contributed by atoms with Crippen molar-refractivity contribution in [2.24, 2.45) is 0 Å². The molecule has 9 nitrogen and oxygen atoms in total. The summed E-state index contributed by atoms with van der Waals surface area (Å²) in [7, 11) is -4.28. The number of halogens is 5. The van der Waals surface area contributed by atoms with Crippen LogP contribution in [0.1, 0.15) is 72.1 Å². The van der Waals surface area contributed by atoms with E-state index in [-0.39, 0.29) is 33.4 Å². The van der Waals surface area contributed by atoms with Crippen LogP contribution in [0.25, 0.3) is 0 Å². The zero-order valence-corrected chi connectivity index (χ0v) is 29.3. The number of hydrogen-bond donors (Lipinski definition) is 2. The lowest BCUT2D eigenvalue weighted by atomic mass is 9.84. The summed E-state index contributed by atoms with van der Waals surface area (Å²) in [5.41, 5.74) is 1.80. The van der Waals surface area contributed by atoms with Gasteiger partial charge in [0.15, 0.2) is 28.2 Å². The van der Waals surface area contributed by atoms with Crippen LogP contribution in [-0.4, -0.2) is 48.5 Å². The number of phenols is 1. The molecule has 15 heteroatoms. The first-order chi connectivity index (χ1) is 24.3. The molecule has 0 atom stereocenters. The fourth-order valence-electron chi connectivity index (χ4n) is 5.61. The summed E-state index contributed by atoms with van der Waals surface area (Å²) in [6.07, 6.45) is 1.91. The number of rotatable bonds is 12. The highest BCUT2D eigenvalue weighted by Crippen LogP contribution is 2.42. The predicted molar refractivity (Wildman–Crippen MR) is 180 cm³/mol. The molecule has 1 amide bonds. The maximum atomic E-state index is 15.0. The topological polar surface area (TPSA) is 124 Å². The average Bonchev–Trinajstić information content (AvgIpc) is 3.94. The number of carboxylic acids is 1. The number of nitrogens with zero attached hydrogens (tertiary/aromatic N) is 2. The van der Waals surface area contributed by atoms with E-state index in [9.17, 15) is 41.4 Å². The van der Waals surface area contributed by atoms with Gasteiger partial charge in [0.1, 0.15) is 17.1 Å². The number of sulfonamides is 1. The van der Waals surface area contributed by atoms with Crippen molar-refractivity contribution in [1.29, 1.82) is 0 Å². The molecule has 0 aromatic heterocycles. The second-order valence-electron chi connectivity index (χ2n) is 13.5. The fraction of sp³-hybridized carbons (Fsp3) is 0.297. The van der Waals surface area contributed by atoms with Gasteiger partial charge in [-0.15, -0.1) is 0 Å². The van der Waals surface area contributed by atoms with E-state index in [0.29, 0.717) is 11.3 Å². The first kappa shape index (κ1) is 38.2. The number of carbonyl (C=O) groups is 2. The SMILES string of the molecule is COc1ccc(CN(CC(=O)N(Cc2cc(C3CC3)cc(C(C)(C)C)c2)c2ccc(C(=O)O)c(O)c2)S(=O)(=O)c2c(F)c(F)c(F)c(F)c2F)cc1. The van der Waals surface area contributed by atoms with Crippen molar-refractivity contribution in [2.45, 2.75) is 62.9 Å². The quantitative estimate of drug-likeness (QED) is 0.0880. The predicted octanol–water partition coefficient (Wildman–Crippen LogP) is 7.39. The third-order valence-electron chi connectivity index (χ3n) is 8.69. The van der Waals surface area contributed by atoms with Crippen LogP contribution in [0.15, 0.2) is 65.6 Å². The molecule has 0 spiro atoms. The van der Waals surface area contributed by atoms with E-state index in [2.05, 4.69) is 6.07 Å². The number of benzene rings is 4. The molecular weight excluding hydrogens is 711 g/mol. The Kier molecular flexibility index (Phi) is 10.7. The van der Waals surface area contributed by atoms with Crippen molar-refractivity contribution in [1.82, 2.24) is 4.31 Å². The Morgan fingerprint density at radius 2 is 1.42 bits per heavy atom. The van der Waals surface area contributed by atoms with Crippen molar-refractivity contribution in [3.05, 3.63) is 118 Å². The summed E-state index contributed by atoms with van der Waals surface area (Å²) in [5, 5.41) is 20.0. The number of methoxy groups -OCH3 is 1. The molecule has 0 saturated heterocycles. The van der Waals surface area contributed by atoms with Crippen LogP contribution in [0.5, 0.6) is 11.5 Å². The molecule has 4 aromatic rings. The van der Waals surface area contributed by atoms with E-state index < -0.39 is 80.3 Å². The largest absolute Gasteiger partial charge is 0.507 e. The van der Waals surface area contributed by atoms with Gasteiger partial charge < -0.3 is 19.8 Å². The molecule has 0 radical (unpaired) electrons. The van der Waals surface area contributed by atoms with E-state index >= 15 is 8.78 Å². The van der Waals surface area contributed by atoms with Gasteiger partial charge in [-0.1, -0.05) is 51.1 Å². The maximum Gasteiger partial charge on any atom is 0.339 e. The molecule has 1 saturated carbocycles. The number of amides is 1. The highest BCUT2D eigenvalue weighted by Gasteiger charge is 2.39. The first-order valence-electron chi connectivity index (χ1n) is 16.0. The molecule has 1 aliphatic rings. The van der Waals surface area contributed by atoms with E-state index in [1.807, 2.05) is 32.9 Å². The summed E-state index contributed by atoms with van der Waals surface area (Å²) in [6.45, 7) is 3.79. The van der Waals surface area contributed by atoms with E-state index in [4.69, 9.17) is 4.74 Å². The number of aromatic hydroxyl groups is 1. The molecule has 2 N–H and O–H groups in total. The highest BCUT2D eigenvalue weighted by atomic mass is 32.2. The monoisotopic (exact) mass is 746 g/mol. The second-order valence-corrected chi connectivity index (χ2v) is 15.4. The van der Waals surface area contributed by atoms with E-state index in [0.717, 1.165) is 41.0 Å². The van der Waals surface area contributed by atoms with Crippen molar-refractivity contribution in [2.75, 3.05) is 18.6 Å². The minimum Gasteiger partial charge on any atom is -0.507 e. The van der Waals surface area contributed by atoms with Crippen LogP contribution < -0.4 is 9.64 Å². The van der Waals surface area contributed by atoms with Crippen molar-refractivity contribution >= 4 is 27.6 Å². The Bertz CT molecular complexity index is 2120. The van der Waals surface area contributed by atoms with Crippen molar-refractivity contribution in [3.63, 3.8) is 0 Å². The van der Waals surface area contributed by atoms with Crippen LogP contribution in [0.4, 0.5) is 27.6 Å². The Balaban J connectivity index is 1.63. The maximum absolute atomic E-state index is 15.0. The Labute approximate surface area is 296 Å². The first-order valence-corrected chi connectivity index (χ1v) is 17.4. The minimum absolute atomic E-state index is 0.0698. The molecule has 5 rings (SSSR count). The third kappa shape index (κ3) is 7.89. The van der Waals surface area contributed by atoms with Crippen LogP contribution in [-0.2, 0) is 33.3 Å². The molecule has 0 unspecified atom stereocenters. The number of hydrogen-bond acceptors (Lipinski definition) is 6. The molecule has 0 aliphatic heterocycles. The standard InChI is InChI=1S/C37H35F5N2O7S/c1-37(2,3)24-14-21(13-23(15-24)22-7-8-22)18-44(25-9-12-27(36(47)48)28(45)16-25)29(46)19-43(17-20-5-10-26(51-4)11-6-20)52(49,50)35-33(41)31(39)30(38)32(40)34(35)42/h5-6,9-16,22,45H,7-8,17-19H2,1-4H3,(H,47,48). The smallest absolute Gasteiger partial charge is 0.339 e. The lowest BCUT2D eigenvalue weighted by Crippen LogP contribution is -2.43. The number of carbonyl (C=O) groups excluding carboxylic acids is 1. The molecular formula is C37H35F5N2O7S. The molecule has 0 bridgehead atoms. The number of carboxylic acid groups (broad SMARTS) is 1. The van der Waals surface area contributed by atoms with E-state index in [1.54, 1.807) is 0 Å². The van der Waals surface area contributed by atoms with Crippen molar-refractivity contribution < 1.29 is 54.9 Å². The van der Waals surface area contributed by atoms with Gasteiger partial charge in [0.25, 0.3) is 0 Å². The van der Waals surface area contributed by atoms with Gasteiger partial charge in [0, 0.05) is 18.3 Å². The Hall–Kier alpha value is -5.02. The zero-order chi connectivity index (χ0) is 38.3. The molecule has 4 aromatic carbocycles. The van der Waals surface area contributed by atoms with Gasteiger partial charge >= 0.3 is 5.97 Å². The van der Waals surface area contributed by atoms with Gasteiger partial charge in [0.05, 0.1) is 20.2 Å². The third-order valence-corrected chi connectivity index (χ3v) is 10.5. The number of aromatic carboxylic acids is 1.